The van der Waals surface area contributed by atoms with Gasteiger partial charge in [0.2, 0.25) is 0 Å². The first kappa shape index (κ1) is 18.1. The molecular formula is C18H17N3OS3. The summed E-state index contributed by atoms with van der Waals surface area (Å²) < 4.78 is 0.756. The minimum Gasteiger partial charge on any atom is -0.358 e. The van der Waals surface area contributed by atoms with Gasteiger partial charge in [0.05, 0.1) is 17.5 Å². The van der Waals surface area contributed by atoms with E-state index in [1.165, 1.54) is 23.1 Å². The Kier molecular flexibility index (Phi) is 6.19. The highest BCUT2D eigenvalue weighted by atomic mass is 32.2. The number of likely N-dealkylation sites (tertiary alicyclic amines) is 1. The van der Waals surface area contributed by atoms with E-state index >= 15 is 0 Å². The van der Waals surface area contributed by atoms with Crippen molar-refractivity contribution in [3.05, 3.63) is 40.7 Å². The normalized spacial score (nSPS) is 14.9. The van der Waals surface area contributed by atoms with E-state index < -0.39 is 5.92 Å². The van der Waals surface area contributed by atoms with Crippen LogP contribution in [0, 0.1) is 11.3 Å². The molecule has 0 N–H and O–H groups in total. The van der Waals surface area contributed by atoms with E-state index in [1.54, 1.807) is 0 Å². The number of Topliss-reactive ketones (excluding diaryl/α,β-unsaturated/α-hetero) is 1. The van der Waals surface area contributed by atoms with Crippen molar-refractivity contribution < 1.29 is 4.79 Å². The van der Waals surface area contributed by atoms with E-state index in [0.29, 0.717) is 5.01 Å². The lowest BCUT2D eigenvalue weighted by Gasteiger charge is -2.17. The Bertz CT molecular complexity index is 791. The van der Waals surface area contributed by atoms with Gasteiger partial charge in [-0.15, -0.1) is 11.3 Å². The van der Waals surface area contributed by atoms with Gasteiger partial charge in [0.1, 0.15) is 9.33 Å². The zero-order valence-corrected chi connectivity index (χ0v) is 16.0. The van der Waals surface area contributed by atoms with Gasteiger partial charge < -0.3 is 4.90 Å². The van der Waals surface area contributed by atoms with Gasteiger partial charge in [-0.2, -0.15) is 5.26 Å². The monoisotopic (exact) mass is 387 g/mol. The Morgan fingerprint density at radius 1 is 1.36 bits per heavy atom. The predicted octanol–water partition coefficient (Wildman–Crippen LogP) is 4.10. The molecule has 25 heavy (non-hydrogen) atoms. The van der Waals surface area contributed by atoms with Gasteiger partial charge in [-0.3, -0.25) is 4.79 Å². The SMILES string of the molecule is N#CC(C(=O)CSC(=S)N1CCCC1)c1nc(-c2ccccc2)cs1. The molecule has 1 aromatic carbocycles. The van der Waals surface area contributed by atoms with Crippen molar-refractivity contribution in [1.29, 1.82) is 5.26 Å². The van der Waals surface area contributed by atoms with Crippen LogP contribution >= 0.6 is 35.3 Å². The topological polar surface area (TPSA) is 57.0 Å². The van der Waals surface area contributed by atoms with E-state index in [4.69, 9.17) is 12.2 Å². The number of thiazole rings is 1. The standard InChI is InChI=1S/C18H17N3OS3/c19-10-14(16(22)12-25-18(23)21-8-4-5-9-21)17-20-15(11-24-17)13-6-2-1-3-7-13/h1-3,6-7,11,14H,4-5,8-9,12H2. The summed E-state index contributed by atoms with van der Waals surface area (Å²) in [5.41, 5.74) is 1.78. The minimum atomic E-state index is -0.823. The van der Waals surface area contributed by atoms with Crippen LogP contribution in [-0.2, 0) is 4.79 Å². The first-order valence-electron chi connectivity index (χ1n) is 8.04. The lowest BCUT2D eigenvalue weighted by Crippen LogP contribution is -2.25. The van der Waals surface area contributed by atoms with E-state index in [1.807, 2.05) is 35.7 Å². The van der Waals surface area contributed by atoms with Crippen LogP contribution in [0.3, 0.4) is 0 Å². The third-order valence-electron chi connectivity index (χ3n) is 3.99. The molecule has 128 valence electrons. The number of aromatic nitrogens is 1. The Balaban J connectivity index is 1.64. The predicted molar refractivity (Wildman–Crippen MR) is 107 cm³/mol. The molecule has 0 spiro atoms. The number of rotatable bonds is 5. The number of benzene rings is 1. The smallest absolute Gasteiger partial charge is 0.167 e. The quantitative estimate of drug-likeness (QED) is 0.720. The average molecular weight is 388 g/mol. The second kappa shape index (κ2) is 8.56. The fourth-order valence-electron chi connectivity index (χ4n) is 2.63. The Hall–Kier alpha value is -1.75. The molecule has 1 aromatic heterocycles. The van der Waals surface area contributed by atoms with Gasteiger partial charge in [0, 0.05) is 24.0 Å². The van der Waals surface area contributed by atoms with Crippen LogP contribution in [0.25, 0.3) is 11.3 Å². The molecule has 0 saturated carbocycles. The van der Waals surface area contributed by atoms with Gasteiger partial charge >= 0.3 is 0 Å². The fraction of sp³-hybridized carbons (Fsp3) is 0.333. The maximum absolute atomic E-state index is 12.5. The fourth-order valence-corrected chi connectivity index (χ4v) is 4.68. The highest BCUT2D eigenvalue weighted by Gasteiger charge is 2.25. The molecule has 7 heteroatoms. The molecule has 3 rings (SSSR count). The molecule has 1 saturated heterocycles. The second-order valence-electron chi connectivity index (χ2n) is 5.71. The second-order valence-corrected chi connectivity index (χ2v) is 8.21. The van der Waals surface area contributed by atoms with Crippen molar-refractivity contribution in [2.45, 2.75) is 18.8 Å². The first-order valence-corrected chi connectivity index (χ1v) is 10.3. The van der Waals surface area contributed by atoms with Crippen LogP contribution in [0.4, 0.5) is 0 Å². The van der Waals surface area contributed by atoms with Crippen LogP contribution in [-0.4, -0.2) is 38.8 Å². The maximum atomic E-state index is 12.5. The number of carbonyl (C=O) groups is 1. The Morgan fingerprint density at radius 3 is 2.76 bits per heavy atom. The number of hydrogen-bond donors (Lipinski definition) is 0. The molecule has 0 amide bonds. The molecule has 1 atom stereocenters. The number of thiocarbonyl (C=S) groups is 1. The van der Waals surface area contributed by atoms with Crippen LogP contribution in [0.1, 0.15) is 23.8 Å². The summed E-state index contributed by atoms with van der Waals surface area (Å²) in [5, 5.41) is 11.9. The molecule has 0 aliphatic carbocycles. The summed E-state index contributed by atoms with van der Waals surface area (Å²) in [6, 6.07) is 11.9. The van der Waals surface area contributed by atoms with Crippen molar-refractivity contribution in [1.82, 2.24) is 9.88 Å². The van der Waals surface area contributed by atoms with Crippen LogP contribution in [0.15, 0.2) is 35.7 Å². The van der Waals surface area contributed by atoms with E-state index in [2.05, 4.69) is 16.0 Å². The van der Waals surface area contributed by atoms with Gasteiger partial charge in [-0.05, 0) is 12.8 Å². The lowest BCUT2D eigenvalue weighted by molar-refractivity contribution is -0.116. The number of nitriles is 1. The van der Waals surface area contributed by atoms with Gasteiger partial charge in [-0.1, -0.05) is 54.3 Å². The summed E-state index contributed by atoms with van der Waals surface area (Å²) in [6.45, 7) is 1.93. The van der Waals surface area contributed by atoms with Crippen molar-refractivity contribution in [3.63, 3.8) is 0 Å². The Labute approximate surface area is 160 Å². The van der Waals surface area contributed by atoms with Crippen molar-refractivity contribution in [3.8, 4) is 17.3 Å². The van der Waals surface area contributed by atoms with Gasteiger partial charge in [0.15, 0.2) is 11.7 Å². The third kappa shape index (κ3) is 4.46. The summed E-state index contributed by atoms with van der Waals surface area (Å²) in [5.74, 6) is -0.743. The molecule has 1 unspecified atom stereocenters. The maximum Gasteiger partial charge on any atom is 0.167 e. The van der Waals surface area contributed by atoms with E-state index in [0.717, 1.165) is 41.5 Å². The molecule has 1 aliphatic rings. The highest BCUT2D eigenvalue weighted by Crippen LogP contribution is 2.28. The van der Waals surface area contributed by atoms with E-state index in [9.17, 15) is 10.1 Å². The zero-order valence-electron chi connectivity index (χ0n) is 13.6. The minimum absolute atomic E-state index is 0.136. The number of nitrogens with zero attached hydrogens (tertiary/aromatic N) is 3. The van der Waals surface area contributed by atoms with Crippen LogP contribution in [0.5, 0.6) is 0 Å². The van der Waals surface area contributed by atoms with Gasteiger partial charge in [0.25, 0.3) is 0 Å². The van der Waals surface area contributed by atoms with Gasteiger partial charge in [-0.25, -0.2) is 4.98 Å². The molecule has 2 heterocycles. The molecule has 1 fully saturated rings. The Morgan fingerprint density at radius 2 is 2.08 bits per heavy atom. The largest absolute Gasteiger partial charge is 0.358 e. The van der Waals surface area contributed by atoms with Crippen molar-refractivity contribution >= 4 is 45.4 Å². The van der Waals surface area contributed by atoms with Crippen molar-refractivity contribution in [2.24, 2.45) is 0 Å². The average Bonchev–Trinajstić information content (AvgIpc) is 3.33. The van der Waals surface area contributed by atoms with Crippen molar-refractivity contribution in [2.75, 3.05) is 18.8 Å². The van der Waals surface area contributed by atoms with E-state index in [-0.39, 0.29) is 11.5 Å². The summed E-state index contributed by atoms with van der Waals surface area (Å²) in [4.78, 5) is 19.1. The molecular weight excluding hydrogens is 370 g/mol. The molecule has 2 aromatic rings. The highest BCUT2D eigenvalue weighted by molar-refractivity contribution is 8.23. The van der Waals surface area contributed by atoms with Crippen LogP contribution in [0.2, 0.25) is 0 Å². The summed E-state index contributed by atoms with van der Waals surface area (Å²) in [6.07, 6.45) is 2.30. The number of carbonyl (C=O) groups excluding carboxylic acids is 1. The third-order valence-corrected chi connectivity index (χ3v) is 6.45. The number of hydrogen-bond acceptors (Lipinski definition) is 6. The first-order chi connectivity index (χ1) is 12.2. The molecule has 0 radical (unpaired) electrons. The molecule has 4 nitrogen and oxygen atoms in total. The lowest BCUT2D eigenvalue weighted by atomic mass is 10.1. The summed E-state index contributed by atoms with van der Waals surface area (Å²) >= 11 is 8.10. The zero-order chi connectivity index (χ0) is 17.6. The summed E-state index contributed by atoms with van der Waals surface area (Å²) in [7, 11) is 0. The number of ketones is 1. The molecule has 0 bridgehead atoms. The van der Waals surface area contributed by atoms with Crippen LogP contribution < -0.4 is 0 Å². The number of thioether (sulfide) groups is 1. The molecule has 1 aliphatic heterocycles.